The molecule has 0 radical (unpaired) electrons. The van der Waals surface area contributed by atoms with Crippen LogP contribution in [0.5, 0.6) is 0 Å². The highest BCUT2D eigenvalue weighted by molar-refractivity contribution is 5.19. The number of fused-ring (bicyclic) bond motifs is 1. The summed E-state index contributed by atoms with van der Waals surface area (Å²) < 4.78 is 16.0. The fraction of sp³-hybridized carbons (Fsp3) is 0.556. The third-order valence-electron chi connectivity index (χ3n) is 1.98. The van der Waals surface area contributed by atoms with E-state index in [9.17, 15) is 0 Å². The van der Waals surface area contributed by atoms with Crippen molar-refractivity contribution in [1.29, 1.82) is 0 Å². The molecule has 0 N–H and O–H groups in total. The number of ether oxygens (including phenoxy) is 2. The van der Waals surface area contributed by atoms with Gasteiger partial charge in [-0.25, -0.2) is 0 Å². The Hall–Kier alpha value is -0.800. The van der Waals surface area contributed by atoms with Gasteiger partial charge in [0.2, 0.25) is 0 Å². The van der Waals surface area contributed by atoms with E-state index < -0.39 is 5.79 Å². The topological polar surface area (TPSA) is 31.6 Å². The van der Waals surface area contributed by atoms with Gasteiger partial charge in [0.1, 0.15) is 0 Å². The maximum atomic E-state index is 5.49. The minimum atomic E-state index is -0.480. The van der Waals surface area contributed by atoms with Crippen molar-refractivity contribution in [3.8, 4) is 0 Å². The van der Waals surface area contributed by atoms with Gasteiger partial charge < -0.3 is 13.9 Å². The molecule has 0 saturated carbocycles. The van der Waals surface area contributed by atoms with E-state index in [4.69, 9.17) is 13.9 Å². The summed E-state index contributed by atoms with van der Waals surface area (Å²) in [6.45, 7) is 4.96. The van der Waals surface area contributed by atoms with Gasteiger partial charge in [-0.2, -0.15) is 0 Å². The molecule has 0 bridgehead atoms. The zero-order valence-electron chi connectivity index (χ0n) is 7.29. The second-order valence-electron chi connectivity index (χ2n) is 3.40. The predicted molar refractivity (Wildman–Crippen MR) is 42.4 cm³/mol. The van der Waals surface area contributed by atoms with Crippen molar-refractivity contribution >= 4 is 0 Å². The van der Waals surface area contributed by atoms with Gasteiger partial charge in [0, 0.05) is 11.1 Å². The Kier molecular flexibility index (Phi) is 1.70. The summed E-state index contributed by atoms with van der Waals surface area (Å²) in [6.07, 6.45) is 3.42. The molecule has 0 aliphatic carbocycles. The van der Waals surface area contributed by atoms with Gasteiger partial charge in [-0.15, -0.1) is 0 Å². The average molecular weight is 168 g/mol. The van der Waals surface area contributed by atoms with Crippen LogP contribution in [0.25, 0.3) is 0 Å². The largest absolute Gasteiger partial charge is 0.472 e. The van der Waals surface area contributed by atoms with Crippen LogP contribution in [0, 0.1) is 0 Å². The quantitative estimate of drug-likeness (QED) is 0.594. The molecular weight excluding hydrogens is 156 g/mol. The summed E-state index contributed by atoms with van der Waals surface area (Å²) in [5, 5.41) is 0. The molecule has 66 valence electrons. The second-order valence-corrected chi connectivity index (χ2v) is 3.40. The van der Waals surface area contributed by atoms with Crippen molar-refractivity contribution in [2.45, 2.75) is 32.8 Å². The van der Waals surface area contributed by atoms with Gasteiger partial charge in [0.15, 0.2) is 5.79 Å². The van der Waals surface area contributed by atoms with Crippen molar-refractivity contribution in [1.82, 2.24) is 0 Å². The first-order valence-electron chi connectivity index (χ1n) is 3.99. The maximum absolute atomic E-state index is 5.49. The molecule has 2 rings (SSSR count). The summed E-state index contributed by atoms with van der Waals surface area (Å²) >= 11 is 0. The third kappa shape index (κ3) is 1.38. The Labute approximate surface area is 71.3 Å². The number of hydrogen-bond acceptors (Lipinski definition) is 3. The molecule has 2 heterocycles. The van der Waals surface area contributed by atoms with Gasteiger partial charge in [-0.05, 0) is 13.8 Å². The van der Waals surface area contributed by atoms with Crippen LogP contribution in [-0.2, 0) is 22.7 Å². The molecule has 0 amide bonds. The molecule has 12 heavy (non-hydrogen) atoms. The standard InChI is InChI=1S/C9H12O3/c1-9(2)11-5-7-3-10-4-8(7)6-12-9/h3-4H,5-6H2,1-2H3. The molecule has 3 nitrogen and oxygen atoms in total. The van der Waals surface area contributed by atoms with Crippen molar-refractivity contribution < 1.29 is 13.9 Å². The molecule has 0 saturated heterocycles. The number of furan rings is 1. The van der Waals surface area contributed by atoms with Crippen molar-refractivity contribution in [3.63, 3.8) is 0 Å². The Morgan fingerprint density at radius 3 is 2.08 bits per heavy atom. The van der Waals surface area contributed by atoms with E-state index in [1.54, 1.807) is 12.5 Å². The van der Waals surface area contributed by atoms with Crippen LogP contribution >= 0.6 is 0 Å². The summed E-state index contributed by atoms with van der Waals surface area (Å²) in [6, 6.07) is 0. The van der Waals surface area contributed by atoms with E-state index in [-0.39, 0.29) is 0 Å². The Bertz CT molecular complexity index is 251. The second kappa shape index (κ2) is 2.61. The first kappa shape index (κ1) is 7.83. The van der Waals surface area contributed by atoms with E-state index in [1.165, 1.54) is 0 Å². The molecular formula is C9H12O3. The van der Waals surface area contributed by atoms with Gasteiger partial charge in [-0.1, -0.05) is 0 Å². The molecule has 0 aromatic carbocycles. The van der Waals surface area contributed by atoms with Gasteiger partial charge in [0.25, 0.3) is 0 Å². The number of hydrogen-bond donors (Lipinski definition) is 0. The van der Waals surface area contributed by atoms with Gasteiger partial charge >= 0.3 is 0 Å². The third-order valence-corrected chi connectivity index (χ3v) is 1.98. The molecule has 1 aliphatic rings. The Morgan fingerprint density at radius 2 is 1.58 bits per heavy atom. The molecule has 0 atom stereocenters. The minimum absolute atomic E-state index is 0.480. The van der Waals surface area contributed by atoms with Crippen LogP contribution in [0.15, 0.2) is 16.9 Å². The number of rotatable bonds is 0. The molecule has 0 unspecified atom stereocenters. The van der Waals surface area contributed by atoms with Gasteiger partial charge in [0.05, 0.1) is 25.7 Å². The van der Waals surface area contributed by atoms with Crippen LogP contribution in [0.3, 0.4) is 0 Å². The van der Waals surface area contributed by atoms with E-state index in [0.29, 0.717) is 13.2 Å². The van der Waals surface area contributed by atoms with Crippen LogP contribution in [0.4, 0.5) is 0 Å². The lowest BCUT2D eigenvalue weighted by Gasteiger charge is -2.22. The Balaban J connectivity index is 2.21. The summed E-state index contributed by atoms with van der Waals surface area (Å²) in [4.78, 5) is 0. The first-order valence-corrected chi connectivity index (χ1v) is 3.99. The molecule has 0 spiro atoms. The lowest BCUT2D eigenvalue weighted by atomic mass is 10.2. The zero-order chi connectivity index (χ0) is 8.60. The van der Waals surface area contributed by atoms with Crippen molar-refractivity contribution in [3.05, 3.63) is 23.7 Å². The highest BCUT2D eigenvalue weighted by atomic mass is 16.7. The lowest BCUT2D eigenvalue weighted by Crippen LogP contribution is -2.25. The van der Waals surface area contributed by atoms with E-state index >= 15 is 0 Å². The SMILES string of the molecule is CC1(C)OCc2cocc2CO1. The molecule has 1 aliphatic heterocycles. The fourth-order valence-corrected chi connectivity index (χ4v) is 1.15. The highest BCUT2D eigenvalue weighted by Gasteiger charge is 2.24. The lowest BCUT2D eigenvalue weighted by molar-refractivity contribution is -0.220. The van der Waals surface area contributed by atoms with E-state index in [1.807, 2.05) is 13.8 Å². The van der Waals surface area contributed by atoms with Crippen LogP contribution in [0.2, 0.25) is 0 Å². The maximum Gasteiger partial charge on any atom is 0.163 e. The molecule has 1 aromatic rings. The van der Waals surface area contributed by atoms with E-state index in [0.717, 1.165) is 11.1 Å². The molecule has 1 aromatic heterocycles. The molecule has 3 heteroatoms. The predicted octanol–water partition coefficient (Wildman–Crippen LogP) is 2.06. The van der Waals surface area contributed by atoms with Crippen LogP contribution in [0.1, 0.15) is 25.0 Å². The Morgan fingerprint density at radius 1 is 1.08 bits per heavy atom. The summed E-state index contributed by atoms with van der Waals surface area (Å²) in [5.41, 5.74) is 2.17. The zero-order valence-corrected chi connectivity index (χ0v) is 7.29. The average Bonchev–Trinajstić information content (AvgIpc) is 2.40. The normalized spacial score (nSPS) is 21.5. The van der Waals surface area contributed by atoms with E-state index in [2.05, 4.69) is 0 Å². The fourth-order valence-electron chi connectivity index (χ4n) is 1.15. The summed E-state index contributed by atoms with van der Waals surface area (Å²) in [7, 11) is 0. The van der Waals surface area contributed by atoms with Crippen molar-refractivity contribution in [2.75, 3.05) is 0 Å². The van der Waals surface area contributed by atoms with Gasteiger partial charge in [-0.3, -0.25) is 0 Å². The van der Waals surface area contributed by atoms with Crippen LogP contribution in [-0.4, -0.2) is 5.79 Å². The van der Waals surface area contributed by atoms with Crippen molar-refractivity contribution in [2.24, 2.45) is 0 Å². The monoisotopic (exact) mass is 168 g/mol. The smallest absolute Gasteiger partial charge is 0.163 e. The summed E-state index contributed by atoms with van der Waals surface area (Å²) in [5.74, 6) is -0.480. The molecule has 0 fully saturated rings. The highest BCUT2D eigenvalue weighted by Crippen LogP contribution is 2.24. The minimum Gasteiger partial charge on any atom is -0.472 e. The van der Waals surface area contributed by atoms with Crippen LogP contribution < -0.4 is 0 Å². The first-order chi connectivity index (χ1) is 5.67.